The predicted molar refractivity (Wildman–Crippen MR) is 116 cm³/mol. The molecule has 2 unspecified atom stereocenters. The summed E-state index contributed by atoms with van der Waals surface area (Å²) in [5.41, 5.74) is -0.0965. The maximum atomic E-state index is 13.2. The molecular formula is C21H29NO4Sn2. The van der Waals surface area contributed by atoms with Crippen molar-refractivity contribution in [3.63, 3.8) is 0 Å². The van der Waals surface area contributed by atoms with Crippen LogP contribution in [0.3, 0.4) is 0 Å². The number of benzene rings is 1. The predicted octanol–water partition coefficient (Wildman–Crippen LogP) is 3.97. The molecule has 0 aromatic heterocycles. The van der Waals surface area contributed by atoms with Crippen LogP contribution in [0.5, 0.6) is 0 Å². The zero-order valence-electron chi connectivity index (χ0n) is 17.8. The van der Waals surface area contributed by atoms with Crippen molar-refractivity contribution in [3.8, 4) is 0 Å². The first-order valence-electron chi connectivity index (χ1n) is 9.74. The number of hydrogen-bond donors (Lipinski definition) is 0. The fraction of sp³-hybridized carbons (Fsp3) is 0.476. The fourth-order valence-corrected chi connectivity index (χ4v) is 30.6. The van der Waals surface area contributed by atoms with Gasteiger partial charge in [0.25, 0.3) is 0 Å². The van der Waals surface area contributed by atoms with Gasteiger partial charge < -0.3 is 0 Å². The molecule has 2 atom stereocenters. The first-order chi connectivity index (χ1) is 12.9. The van der Waals surface area contributed by atoms with Crippen LogP contribution in [-0.4, -0.2) is 66.7 Å². The van der Waals surface area contributed by atoms with E-state index in [2.05, 4.69) is 29.6 Å². The summed E-state index contributed by atoms with van der Waals surface area (Å²) in [7, 11) is 0. The van der Waals surface area contributed by atoms with Crippen molar-refractivity contribution in [1.29, 1.82) is 0 Å². The molecule has 2 bridgehead atoms. The number of carbonyl (C=O) groups excluding carboxylic acids is 2. The van der Waals surface area contributed by atoms with Crippen LogP contribution in [0.25, 0.3) is 0 Å². The fourth-order valence-electron chi connectivity index (χ4n) is 4.24. The van der Waals surface area contributed by atoms with Crippen molar-refractivity contribution in [2.24, 2.45) is 10.9 Å². The van der Waals surface area contributed by atoms with Gasteiger partial charge in [0, 0.05) is 0 Å². The number of dihydropyridines is 1. The van der Waals surface area contributed by atoms with E-state index in [0.29, 0.717) is 5.71 Å². The first kappa shape index (κ1) is 21.9. The molecule has 28 heavy (non-hydrogen) atoms. The Balaban J connectivity index is 2.40. The summed E-state index contributed by atoms with van der Waals surface area (Å²) in [6, 6.07) is 9.68. The second-order valence-corrected chi connectivity index (χ2v) is 38.0. The Morgan fingerprint density at radius 2 is 1.71 bits per heavy atom. The van der Waals surface area contributed by atoms with Crippen molar-refractivity contribution in [2.75, 3.05) is 6.61 Å². The number of hydrogen-bond acceptors (Lipinski definition) is 5. The van der Waals surface area contributed by atoms with Crippen molar-refractivity contribution in [2.45, 2.75) is 42.3 Å². The number of rotatable bonds is 5. The van der Waals surface area contributed by atoms with Gasteiger partial charge in [-0.3, -0.25) is 0 Å². The van der Waals surface area contributed by atoms with E-state index in [0.717, 1.165) is 9.15 Å². The second-order valence-electron chi connectivity index (χ2n) is 9.37. The Bertz CT molecular complexity index is 878. The molecule has 0 amide bonds. The van der Waals surface area contributed by atoms with Crippen LogP contribution in [0, 0.1) is 5.92 Å². The van der Waals surface area contributed by atoms with Crippen LogP contribution < -0.4 is 0 Å². The molecule has 0 aliphatic carbocycles. The molecule has 3 heterocycles. The zero-order valence-corrected chi connectivity index (χ0v) is 23.5. The third-order valence-corrected chi connectivity index (χ3v) is 19.3. The van der Waals surface area contributed by atoms with Crippen LogP contribution in [0.2, 0.25) is 29.6 Å². The van der Waals surface area contributed by atoms with E-state index in [9.17, 15) is 9.59 Å². The molecular weight excluding hydrogens is 568 g/mol. The molecule has 7 heteroatoms. The van der Waals surface area contributed by atoms with Crippen LogP contribution in [0.15, 0.2) is 42.5 Å². The zero-order chi connectivity index (χ0) is 20.9. The Kier molecular flexibility index (Phi) is 5.82. The molecule has 4 rings (SSSR count). The first-order valence-corrected chi connectivity index (χ1v) is 29.7. The third kappa shape index (κ3) is 3.57. The third-order valence-electron chi connectivity index (χ3n) is 5.11. The summed E-state index contributed by atoms with van der Waals surface area (Å²) in [4.78, 5) is 45.0. The average molecular weight is 597 g/mol. The Morgan fingerprint density at radius 1 is 1.11 bits per heavy atom. The van der Waals surface area contributed by atoms with Crippen LogP contribution in [0.4, 0.5) is 0 Å². The minimum atomic E-state index is -2.91. The van der Waals surface area contributed by atoms with Crippen LogP contribution >= 0.6 is 0 Å². The van der Waals surface area contributed by atoms with Crippen molar-refractivity contribution in [1.82, 2.24) is 0 Å². The summed E-state index contributed by atoms with van der Waals surface area (Å²) in [6.07, 6.45) is 0. The number of carbonyl (C=O) groups is 2. The molecule has 0 saturated heterocycles. The Morgan fingerprint density at radius 3 is 2.21 bits per heavy atom. The van der Waals surface area contributed by atoms with Gasteiger partial charge in [0.15, 0.2) is 0 Å². The average Bonchev–Trinajstić information content (AvgIpc) is 2.60. The van der Waals surface area contributed by atoms with Crippen molar-refractivity contribution >= 4 is 54.4 Å². The Labute approximate surface area is 175 Å². The molecule has 5 nitrogen and oxygen atoms in total. The van der Waals surface area contributed by atoms with E-state index in [1.165, 1.54) is 3.59 Å². The number of nitrogens with zero attached hydrogens (tertiary/aromatic N) is 1. The van der Waals surface area contributed by atoms with E-state index in [-0.39, 0.29) is 12.6 Å². The van der Waals surface area contributed by atoms with Gasteiger partial charge >= 0.3 is 176 Å². The van der Waals surface area contributed by atoms with Gasteiger partial charge in [-0.05, 0) is 0 Å². The molecule has 3 aliphatic rings. The van der Waals surface area contributed by atoms with Gasteiger partial charge in [-0.25, -0.2) is 0 Å². The molecule has 0 spiro atoms. The minimum absolute atomic E-state index is 0.221. The molecule has 0 radical (unpaired) electrons. The molecule has 150 valence electrons. The standard InChI is InChI=1S/C15H11NO4.6CH3.2Sn/c1-2-19-14(18)15-9-8-11(13(17)20-15)12(16-15)10-6-4-3-5-7-10;;;;;;;;/h3-7,11H,2H2,1H3;6*1H3;;. The summed E-state index contributed by atoms with van der Waals surface area (Å²) < 4.78 is 13.5. The summed E-state index contributed by atoms with van der Waals surface area (Å²) in [5.74, 6) is -1.40. The van der Waals surface area contributed by atoms with E-state index < -0.39 is 54.4 Å². The van der Waals surface area contributed by atoms with Crippen molar-refractivity contribution < 1.29 is 19.1 Å². The van der Waals surface area contributed by atoms with Crippen molar-refractivity contribution in [3.05, 3.63) is 43.1 Å². The van der Waals surface area contributed by atoms with Crippen LogP contribution in [0.1, 0.15) is 12.5 Å². The quantitative estimate of drug-likeness (QED) is 0.381. The number of fused-ring (bicyclic) bond motifs is 1. The molecule has 1 aromatic carbocycles. The van der Waals surface area contributed by atoms with Gasteiger partial charge in [-0.1, -0.05) is 0 Å². The van der Waals surface area contributed by atoms with Gasteiger partial charge in [-0.2, -0.15) is 0 Å². The Hall–Kier alpha value is -0.833. The van der Waals surface area contributed by atoms with E-state index in [4.69, 9.17) is 14.5 Å². The monoisotopic (exact) mass is 599 g/mol. The normalized spacial score (nSPS) is 24.8. The number of esters is 2. The second kappa shape index (κ2) is 7.45. The molecule has 3 aliphatic heterocycles. The van der Waals surface area contributed by atoms with Gasteiger partial charge in [0.1, 0.15) is 0 Å². The topological polar surface area (TPSA) is 65.0 Å². The summed E-state index contributed by atoms with van der Waals surface area (Å²) >= 11 is -5.74. The van der Waals surface area contributed by atoms with E-state index in [1.54, 1.807) is 6.92 Å². The van der Waals surface area contributed by atoms with E-state index in [1.807, 2.05) is 30.3 Å². The van der Waals surface area contributed by atoms with E-state index >= 15 is 0 Å². The molecule has 0 fully saturated rings. The van der Waals surface area contributed by atoms with Gasteiger partial charge in [-0.15, -0.1) is 0 Å². The van der Waals surface area contributed by atoms with Gasteiger partial charge in [0.2, 0.25) is 0 Å². The summed E-state index contributed by atoms with van der Waals surface area (Å²) in [5, 5.41) is 0. The molecule has 0 saturated carbocycles. The number of aliphatic imine (C=N–C) groups is 1. The summed E-state index contributed by atoms with van der Waals surface area (Å²) in [6.45, 7) is 1.99. The van der Waals surface area contributed by atoms with Gasteiger partial charge in [0.05, 0.1) is 0 Å². The maximum absolute atomic E-state index is 13.2. The molecule has 1 aromatic rings. The van der Waals surface area contributed by atoms with Crippen LogP contribution in [-0.2, 0) is 19.1 Å². The molecule has 0 N–H and O–H groups in total. The number of ether oxygens (including phenoxy) is 2. The SMILES string of the molecule is CCOC(=O)C12N=C(c3ccccc3)C(C(=O)O1)[C]([Sn]([CH3])([CH3])[CH3])=[C]2[Sn]([CH3])([CH3])[CH3].